The van der Waals surface area contributed by atoms with Crippen LogP contribution in [0, 0.1) is 11.2 Å². The van der Waals surface area contributed by atoms with Crippen molar-refractivity contribution in [3.05, 3.63) is 124 Å². The Morgan fingerprint density at radius 3 is 2.05 bits per heavy atom. The maximum atomic E-state index is 14.0. The number of halogens is 1. The van der Waals surface area contributed by atoms with Crippen molar-refractivity contribution in [1.29, 1.82) is 0 Å². The Morgan fingerprint density at radius 1 is 0.787 bits per heavy atom. The summed E-state index contributed by atoms with van der Waals surface area (Å²) in [7, 11) is 0. The first-order chi connectivity index (χ1) is 29.4. The molecule has 6 heterocycles. The summed E-state index contributed by atoms with van der Waals surface area (Å²) in [6.45, 7) is 6.78. The number of carbonyl (C=O) groups is 5. The molecule has 12 nitrogen and oxygen atoms in total. The highest BCUT2D eigenvalue weighted by Gasteiger charge is 2.46. The minimum Gasteiger partial charge on any atom is -0.508 e. The first kappa shape index (κ1) is 39.1. The quantitative estimate of drug-likeness (QED) is 0.235. The van der Waals surface area contributed by atoms with Gasteiger partial charge in [0.15, 0.2) is 0 Å². The van der Waals surface area contributed by atoms with Gasteiger partial charge in [0.2, 0.25) is 17.7 Å². The molecule has 6 aliphatic rings. The minimum absolute atomic E-state index is 0.0726. The molecule has 4 aromatic carbocycles. The standard InChI is InChI=1S/C48H49FN6O6/c1-29-22-31-23-37(56)10-11-38(31)44(54(29)36-8-4-34(49)5-9-36)30-2-6-35(7-3-30)52-18-14-48(15-19-52)16-20-53(21-17-48)43(58)28-51-26-32-24-39-40(25-33(32)27-51)47(61)55(46(39)60)41-12-13-42(57)50-45(41)59/h2-11,23-25,29,41,44,56H,12-22,26-28H2,1H3,(H,50,57,59)/t29-,41?,44-/m1/s1. The van der Waals surface area contributed by atoms with Gasteiger partial charge in [-0.1, -0.05) is 18.2 Å². The number of aromatic hydroxyl groups is 1. The fraction of sp³-hybridized carbons (Fsp3) is 0.396. The molecule has 1 spiro atoms. The number of fused-ring (bicyclic) bond motifs is 3. The second-order valence-electron chi connectivity index (χ2n) is 17.9. The van der Waals surface area contributed by atoms with E-state index in [1.54, 1.807) is 18.2 Å². The van der Waals surface area contributed by atoms with Crippen molar-refractivity contribution in [2.75, 3.05) is 42.5 Å². The highest BCUT2D eigenvalue weighted by atomic mass is 19.1. The van der Waals surface area contributed by atoms with E-state index in [0.29, 0.717) is 13.1 Å². The Labute approximate surface area is 353 Å². The third-order valence-electron chi connectivity index (χ3n) is 14.3. The number of piperidine rings is 3. The number of phenolic OH excluding ortho intramolecular Hbond substituents is 1. The van der Waals surface area contributed by atoms with Crippen LogP contribution in [0.1, 0.15) is 100 Å². The lowest BCUT2D eigenvalue weighted by Crippen LogP contribution is -2.54. The number of imide groups is 2. The van der Waals surface area contributed by atoms with Crippen LogP contribution in [0.3, 0.4) is 0 Å². The number of benzene rings is 4. The lowest BCUT2D eigenvalue weighted by atomic mass is 9.71. The number of likely N-dealkylation sites (tertiary alicyclic amines) is 1. The number of hydrogen-bond acceptors (Lipinski definition) is 9. The third-order valence-corrected chi connectivity index (χ3v) is 14.3. The topological polar surface area (TPSA) is 134 Å². The van der Waals surface area contributed by atoms with Crippen molar-refractivity contribution in [2.45, 2.75) is 83.1 Å². The molecule has 0 bridgehead atoms. The van der Waals surface area contributed by atoms with Crippen LogP contribution in [0.4, 0.5) is 15.8 Å². The van der Waals surface area contributed by atoms with Gasteiger partial charge < -0.3 is 19.8 Å². The van der Waals surface area contributed by atoms with E-state index in [4.69, 9.17) is 0 Å². The highest BCUT2D eigenvalue weighted by molar-refractivity contribution is 6.23. The van der Waals surface area contributed by atoms with Gasteiger partial charge in [-0.15, -0.1) is 0 Å². The van der Waals surface area contributed by atoms with Crippen LogP contribution in [0.25, 0.3) is 0 Å². The van der Waals surface area contributed by atoms with Crippen LogP contribution in [-0.2, 0) is 33.9 Å². The maximum Gasteiger partial charge on any atom is 0.262 e. The molecule has 2 N–H and O–H groups in total. The molecule has 3 saturated heterocycles. The molecule has 61 heavy (non-hydrogen) atoms. The molecule has 0 aliphatic carbocycles. The molecular formula is C48H49FN6O6. The summed E-state index contributed by atoms with van der Waals surface area (Å²) in [6.07, 6.45) is 5.04. The number of phenols is 1. The largest absolute Gasteiger partial charge is 0.508 e. The van der Waals surface area contributed by atoms with Gasteiger partial charge in [0, 0.05) is 63.1 Å². The van der Waals surface area contributed by atoms with Crippen LogP contribution >= 0.6 is 0 Å². The molecule has 0 aromatic heterocycles. The number of amides is 5. The zero-order chi connectivity index (χ0) is 42.2. The van der Waals surface area contributed by atoms with Crippen LogP contribution in [-0.4, -0.2) is 94.1 Å². The minimum atomic E-state index is -1.000. The second kappa shape index (κ2) is 15.1. The van der Waals surface area contributed by atoms with Crippen molar-refractivity contribution in [1.82, 2.24) is 20.0 Å². The predicted molar refractivity (Wildman–Crippen MR) is 225 cm³/mol. The molecule has 3 atom stereocenters. The number of anilines is 2. The van der Waals surface area contributed by atoms with E-state index in [-0.39, 0.29) is 65.5 Å². The summed E-state index contributed by atoms with van der Waals surface area (Å²) in [5.74, 6) is -1.98. The van der Waals surface area contributed by atoms with Crippen molar-refractivity contribution < 1.29 is 33.5 Å². The molecule has 10 rings (SSSR count). The lowest BCUT2D eigenvalue weighted by molar-refractivity contribution is -0.137. The van der Waals surface area contributed by atoms with E-state index in [0.717, 1.165) is 96.7 Å². The predicted octanol–water partition coefficient (Wildman–Crippen LogP) is 5.70. The van der Waals surface area contributed by atoms with Gasteiger partial charge in [0.05, 0.1) is 23.7 Å². The summed E-state index contributed by atoms with van der Waals surface area (Å²) in [5, 5.41) is 12.5. The number of nitrogens with zero attached hydrogens (tertiary/aromatic N) is 5. The van der Waals surface area contributed by atoms with Gasteiger partial charge in [-0.05, 0) is 139 Å². The van der Waals surface area contributed by atoms with E-state index in [1.165, 1.54) is 17.8 Å². The number of nitrogens with one attached hydrogen (secondary N) is 1. The summed E-state index contributed by atoms with van der Waals surface area (Å²) < 4.78 is 14.0. The van der Waals surface area contributed by atoms with Gasteiger partial charge in [-0.25, -0.2) is 4.39 Å². The van der Waals surface area contributed by atoms with E-state index in [2.05, 4.69) is 51.2 Å². The first-order valence-corrected chi connectivity index (χ1v) is 21.5. The molecule has 0 saturated carbocycles. The van der Waals surface area contributed by atoms with Crippen LogP contribution in [0.5, 0.6) is 5.75 Å². The fourth-order valence-electron chi connectivity index (χ4n) is 10.9. The van der Waals surface area contributed by atoms with Crippen LogP contribution in [0.2, 0.25) is 0 Å². The Hall–Kier alpha value is -6.08. The Bertz CT molecular complexity index is 2410. The number of rotatable bonds is 6. The highest BCUT2D eigenvalue weighted by Crippen LogP contribution is 2.45. The van der Waals surface area contributed by atoms with Crippen LogP contribution in [0.15, 0.2) is 78.9 Å². The third kappa shape index (κ3) is 7.02. The monoisotopic (exact) mass is 824 g/mol. The normalized spacial score (nSPS) is 23.6. The van der Waals surface area contributed by atoms with Gasteiger partial charge in [0.25, 0.3) is 11.8 Å². The molecule has 1 unspecified atom stereocenters. The molecular weight excluding hydrogens is 776 g/mol. The fourth-order valence-corrected chi connectivity index (χ4v) is 10.9. The average molecular weight is 825 g/mol. The molecule has 5 amide bonds. The molecule has 4 aromatic rings. The zero-order valence-corrected chi connectivity index (χ0v) is 34.2. The SMILES string of the molecule is C[C@@H]1Cc2cc(O)ccc2[C@@H](c2ccc(N3CCC4(CCN(C(=O)CN5Cc6cc7c(cc6C5)C(=O)N(C5CCC(=O)NC5=O)C7=O)CC4)CC3)cc2)N1c1ccc(F)cc1. The van der Waals surface area contributed by atoms with Gasteiger partial charge >= 0.3 is 0 Å². The smallest absolute Gasteiger partial charge is 0.262 e. The molecule has 13 heteroatoms. The zero-order valence-electron chi connectivity index (χ0n) is 34.2. The molecule has 3 fully saturated rings. The van der Waals surface area contributed by atoms with E-state index < -0.39 is 29.7 Å². The molecule has 314 valence electrons. The second-order valence-corrected chi connectivity index (χ2v) is 17.9. The van der Waals surface area contributed by atoms with Crippen molar-refractivity contribution in [2.24, 2.45) is 5.41 Å². The number of hydrogen-bond donors (Lipinski definition) is 2. The van der Waals surface area contributed by atoms with E-state index in [9.17, 15) is 33.5 Å². The van der Waals surface area contributed by atoms with E-state index >= 15 is 0 Å². The lowest BCUT2D eigenvalue weighted by Gasteiger charge is -2.47. The molecule has 6 aliphatic heterocycles. The van der Waals surface area contributed by atoms with Crippen molar-refractivity contribution in [3.8, 4) is 5.75 Å². The van der Waals surface area contributed by atoms with Crippen LogP contribution < -0.4 is 15.1 Å². The first-order valence-electron chi connectivity index (χ1n) is 21.5. The van der Waals surface area contributed by atoms with E-state index in [1.807, 2.05) is 29.2 Å². The Morgan fingerprint density at radius 2 is 1.41 bits per heavy atom. The Balaban J connectivity index is 0.739. The number of carbonyl (C=O) groups excluding carboxylic acids is 5. The van der Waals surface area contributed by atoms with Gasteiger partial charge in [-0.2, -0.15) is 0 Å². The van der Waals surface area contributed by atoms with Gasteiger partial charge in [-0.3, -0.25) is 39.1 Å². The van der Waals surface area contributed by atoms with Gasteiger partial charge in [0.1, 0.15) is 17.6 Å². The molecule has 0 radical (unpaired) electrons. The summed E-state index contributed by atoms with van der Waals surface area (Å²) in [4.78, 5) is 74.3. The maximum absolute atomic E-state index is 14.0. The van der Waals surface area contributed by atoms with Crippen molar-refractivity contribution >= 4 is 40.9 Å². The summed E-state index contributed by atoms with van der Waals surface area (Å²) >= 11 is 0. The average Bonchev–Trinajstić information content (AvgIpc) is 3.75. The summed E-state index contributed by atoms with van der Waals surface area (Å²) in [6, 6.07) is 23.7. The van der Waals surface area contributed by atoms with Crippen molar-refractivity contribution in [3.63, 3.8) is 0 Å². The Kier molecular flexibility index (Phi) is 9.69. The summed E-state index contributed by atoms with van der Waals surface area (Å²) in [5.41, 5.74) is 8.10.